The van der Waals surface area contributed by atoms with Crippen molar-refractivity contribution in [2.75, 3.05) is 24.1 Å². The number of fused-ring (bicyclic) bond motifs is 1. The molecule has 0 spiro atoms. The molecule has 49 heavy (non-hydrogen) atoms. The van der Waals surface area contributed by atoms with Gasteiger partial charge in [-0.1, -0.05) is 81.3 Å². The van der Waals surface area contributed by atoms with Gasteiger partial charge in [-0.3, -0.25) is 24.3 Å². The maximum atomic E-state index is 14.0. The van der Waals surface area contributed by atoms with Gasteiger partial charge in [0.1, 0.15) is 24.3 Å². The lowest BCUT2D eigenvalue weighted by Crippen LogP contribution is -2.50. The summed E-state index contributed by atoms with van der Waals surface area (Å²) in [5.74, 6) is -0.956. The van der Waals surface area contributed by atoms with Crippen LogP contribution in [-0.2, 0) is 23.1 Å². The van der Waals surface area contributed by atoms with E-state index in [1.165, 1.54) is 13.3 Å². The van der Waals surface area contributed by atoms with Gasteiger partial charge in [-0.25, -0.2) is 9.55 Å². The molecule has 4 rings (SSSR count). The maximum absolute atomic E-state index is 14.0. The number of nitrogens with one attached hydrogen (secondary N) is 1. The second-order valence-electron chi connectivity index (χ2n) is 15.3. The van der Waals surface area contributed by atoms with Crippen LogP contribution in [0.1, 0.15) is 65.1 Å². The van der Waals surface area contributed by atoms with E-state index in [-0.39, 0.29) is 39.4 Å². The minimum atomic E-state index is -2.43. The molecule has 0 bridgehead atoms. The standard InChI is InChI=1S/C33H51N5O7S2Si2/c1-21(39)35-31-36-27-24(29(41)38(31)28(40)22-16-14-13-15-17-22)34-19-37(27)30-26(45-49(11,12)33(5,6)7)25(42-20-47-46-8)23(44-30)18-43-48(9,10)32(2,3)4/h13-17,19,23,25-26,30H,18,20H2,1-12H3,(H,35,36,39)/t23-,25-,26-,30-/m1/s1. The fraction of sp³-hybridized carbons (Fsp3) is 0.606. The van der Waals surface area contributed by atoms with Crippen molar-refractivity contribution in [3.05, 3.63) is 52.6 Å². The molecule has 0 aliphatic carbocycles. The van der Waals surface area contributed by atoms with Crippen molar-refractivity contribution in [2.45, 2.75) is 109 Å². The number of hydrogen-bond donors (Lipinski definition) is 1. The molecule has 16 heteroatoms. The molecular formula is C33H51N5O7S2Si2. The zero-order valence-electron chi connectivity index (χ0n) is 30.7. The lowest BCUT2D eigenvalue weighted by atomic mass is 10.1. The summed E-state index contributed by atoms with van der Waals surface area (Å²) in [7, 11) is -1.42. The SMILES string of the molecule is CSSCO[C@H]1[C@@H](O[Si](C)(C)C(C)(C)C)[C@H](n2cnc3c(=O)n(C(=O)c4ccccc4)c(NC(C)=O)nc32)O[C@@H]1CO[Si](C)(C)C(C)(C)C. The maximum Gasteiger partial charge on any atom is 0.290 e. The first-order chi connectivity index (χ1) is 22.7. The number of rotatable bonds is 12. The Morgan fingerprint density at radius 3 is 2.20 bits per heavy atom. The van der Waals surface area contributed by atoms with E-state index in [2.05, 4.69) is 83.0 Å². The van der Waals surface area contributed by atoms with Crippen LogP contribution >= 0.6 is 21.6 Å². The van der Waals surface area contributed by atoms with Gasteiger partial charge in [0.25, 0.3) is 11.5 Å². The molecule has 0 unspecified atom stereocenters. The predicted octanol–water partition coefficient (Wildman–Crippen LogP) is 6.90. The van der Waals surface area contributed by atoms with E-state index in [9.17, 15) is 14.4 Å². The molecule has 0 radical (unpaired) electrons. The van der Waals surface area contributed by atoms with Crippen LogP contribution in [0.4, 0.5) is 5.95 Å². The van der Waals surface area contributed by atoms with Crippen molar-refractivity contribution in [1.29, 1.82) is 0 Å². The topological polar surface area (TPSA) is 136 Å². The molecule has 270 valence electrons. The number of anilines is 1. The Morgan fingerprint density at radius 2 is 1.63 bits per heavy atom. The smallest absolute Gasteiger partial charge is 0.290 e. The Labute approximate surface area is 299 Å². The summed E-state index contributed by atoms with van der Waals surface area (Å²) in [4.78, 5) is 49.0. The number of carbonyl (C=O) groups is 2. The first kappa shape index (κ1) is 39.5. The van der Waals surface area contributed by atoms with Crippen LogP contribution in [0.3, 0.4) is 0 Å². The number of hydrogen-bond acceptors (Lipinski definition) is 11. The van der Waals surface area contributed by atoms with Crippen molar-refractivity contribution < 1.29 is 27.9 Å². The van der Waals surface area contributed by atoms with Gasteiger partial charge in [-0.15, -0.1) is 0 Å². The van der Waals surface area contributed by atoms with Crippen LogP contribution < -0.4 is 10.9 Å². The Balaban J connectivity index is 1.88. The van der Waals surface area contributed by atoms with E-state index in [1.54, 1.807) is 56.5 Å². The van der Waals surface area contributed by atoms with Crippen LogP contribution in [0.25, 0.3) is 11.2 Å². The average molecular weight is 750 g/mol. The molecule has 1 aliphatic rings. The lowest BCUT2D eigenvalue weighted by Gasteiger charge is -2.41. The number of imidazole rings is 1. The highest BCUT2D eigenvalue weighted by Crippen LogP contribution is 2.44. The van der Waals surface area contributed by atoms with E-state index < -0.39 is 58.5 Å². The summed E-state index contributed by atoms with van der Waals surface area (Å²) in [5, 5.41) is 2.42. The van der Waals surface area contributed by atoms with Crippen LogP contribution in [0.15, 0.2) is 41.5 Å². The fourth-order valence-electron chi connectivity index (χ4n) is 4.87. The van der Waals surface area contributed by atoms with Gasteiger partial charge in [-0.2, -0.15) is 4.98 Å². The zero-order chi connectivity index (χ0) is 36.5. The molecule has 1 fully saturated rings. The summed E-state index contributed by atoms with van der Waals surface area (Å²) in [6.07, 6.45) is 1.02. The molecule has 3 aromatic rings. The zero-order valence-corrected chi connectivity index (χ0v) is 34.3. The number of nitrogens with zero attached hydrogens (tertiary/aromatic N) is 4. The molecule has 12 nitrogen and oxygen atoms in total. The van der Waals surface area contributed by atoms with Crippen LogP contribution in [0.2, 0.25) is 36.3 Å². The molecule has 1 aromatic carbocycles. The normalized spacial score (nSPS) is 20.6. The summed E-state index contributed by atoms with van der Waals surface area (Å²) < 4.78 is 29.7. The Kier molecular flexibility index (Phi) is 12.2. The summed E-state index contributed by atoms with van der Waals surface area (Å²) >= 11 is 0. The number of aromatic nitrogens is 4. The highest BCUT2D eigenvalue weighted by Gasteiger charge is 2.53. The third-order valence-corrected chi connectivity index (χ3v) is 20.2. The number of amides is 1. The first-order valence-corrected chi connectivity index (χ1v) is 24.9. The first-order valence-electron chi connectivity index (χ1n) is 16.3. The highest BCUT2D eigenvalue weighted by molar-refractivity contribution is 8.76. The van der Waals surface area contributed by atoms with Gasteiger partial charge in [0.15, 0.2) is 34.0 Å². The van der Waals surface area contributed by atoms with Gasteiger partial charge < -0.3 is 18.3 Å². The molecular weight excluding hydrogens is 699 g/mol. The molecule has 1 amide bonds. The summed E-state index contributed by atoms with van der Waals surface area (Å²) in [6.45, 7) is 23.4. The fourth-order valence-corrected chi connectivity index (χ4v) is 7.93. The summed E-state index contributed by atoms with van der Waals surface area (Å²) in [6, 6.07) is 8.33. The van der Waals surface area contributed by atoms with E-state index in [1.807, 2.05) is 6.26 Å². The molecule has 1 saturated heterocycles. The minimum Gasteiger partial charge on any atom is -0.414 e. The van der Waals surface area contributed by atoms with Gasteiger partial charge in [0.05, 0.1) is 12.9 Å². The molecule has 3 heterocycles. The Bertz CT molecular complexity index is 1700. The second kappa shape index (κ2) is 15.1. The third-order valence-electron chi connectivity index (χ3n) is 9.75. The van der Waals surface area contributed by atoms with E-state index in [0.29, 0.717) is 5.94 Å². The number of ether oxygens (including phenoxy) is 2. The van der Waals surface area contributed by atoms with E-state index in [4.69, 9.17) is 18.3 Å². The van der Waals surface area contributed by atoms with Crippen LogP contribution in [0.5, 0.6) is 0 Å². The monoisotopic (exact) mass is 749 g/mol. The quantitative estimate of drug-likeness (QED) is 0.0896. The number of carbonyl (C=O) groups excluding carboxylic acids is 2. The molecule has 1 aliphatic heterocycles. The van der Waals surface area contributed by atoms with Gasteiger partial charge in [0.2, 0.25) is 11.9 Å². The van der Waals surface area contributed by atoms with Gasteiger partial charge in [0, 0.05) is 12.5 Å². The van der Waals surface area contributed by atoms with E-state index >= 15 is 0 Å². The average Bonchev–Trinajstić information content (AvgIpc) is 3.56. The predicted molar refractivity (Wildman–Crippen MR) is 202 cm³/mol. The van der Waals surface area contributed by atoms with Crippen molar-refractivity contribution in [2.24, 2.45) is 0 Å². The second-order valence-corrected chi connectivity index (χ2v) is 27.3. The molecule has 2 aromatic heterocycles. The van der Waals surface area contributed by atoms with Gasteiger partial charge in [-0.05, 0) is 54.7 Å². The Morgan fingerprint density at radius 1 is 1.00 bits per heavy atom. The van der Waals surface area contributed by atoms with Crippen LogP contribution in [0, 0.1) is 0 Å². The van der Waals surface area contributed by atoms with Crippen molar-refractivity contribution in [3.8, 4) is 0 Å². The Hall–Kier alpha value is -2.32. The van der Waals surface area contributed by atoms with Crippen LogP contribution in [-0.4, -0.2) is 84.7 Å². The van der Waals surface area contributed by atoms with Crippen molar-refractivity contribution in [1.82, 2.24) is 19.1 Å². The number of benzene rings is 1. The third kappa shape index (κ3) is 8.60. The minimum absolute atomic E-state index is 0.0191. The molecule has 0 saturated carbocycles. The van der Waals surface area contributed by atoms with Crippen molar-refractivity contribution >= 4 is 67.1 Å². The lowest BCUT2D eigenvalue weighted by molar-refractivity contribution is -0.114. The van der Waals surface area contributed by atoms with Gasteiger partial charge >= 0.3 is 0 Å². The molecule has 1 N–H and O–H groups in total. The molecule has 4 atom stereocenters. The summed E-state index contributed by atoms with van der Waals surface area (Å²) in [5.41, 5.74) is -0.373. The largest absolute Gasteiger partial charge is 0.414 e. The highest BCUT2D eigenvalue weighted by atomic mass is 33.1. The van der Waals surface area contributed by atoms with Crippen molar-refractivity contribution in [3.63, 3.8) is 0 Å². The van der Waals surface area contributed by atoms with E-state index in [0.717, 1.165) is 4.57 Å².